The average molecular weight is 472 g/mol. The summed E-state index contributed by atoms with van der Waals surface area (Å²) in [6.45, 7) is 3.89. The number of halogens is 1. The van der Waals surface area contributed by atoms with E-state index in [9.17, 15) is 9.59 Å². The highest BCUT2D eigenvalue weighted by atomic mass is 35.5. The van der Waals surface area contributed by atoms with E-state index in [1.165, 1.54) is 5.56 Å². The molecule has 0 bridgehead atoms. The molecule has 32 heavy (non-hydrogen) atoms. The predicted molar refractivity (Wildman–Crippen MR) is 127 cm³/mol. The zero-order valence-corrected chi connectivity index (χ0v) is 19.5. The summed E-state index contributed by atoms with van der Waals surface area (Å²) >= 11 is 7.71. The van der Waals surface area contributed by atoms with E-state index in [0.29, 0.717) is 16.3 Å². The van der Waals surface area contributed by atoms with E-state index in [0.717, 1.165) is 11.3 Å². The number of hydrogen-bond acceptors (Lipinski definition) is 6. The number of carbonyl (C=O) groups is 2. The lowest BCUT2D eigenvalue weighted by Crippen LogP contribution is -2.67. The van der Waals surface area contributed by atoms with Gasteiger partial charge in [-0.15, -0.1) is 11.8 Å². The summed E-state index contributed by atoms with van der Waals surface area (Å²) in [7, 11) is 0. The van der Waals surface area contributed by atoms with Crippen molar-refractivity contribution >= 4 is 35.2 Å². The van der Waals surface area contributed by atoms with Crippen molar-refractivity contribution in [2.24, 2.45) is 5.92 Å². The molecule has 0 aromatic heterocycles. The maximum Gasteiger partial charge on any atom is 0.336 e. The predicted octanol–water partition coefficient (Wildman–Crippen LogP) is 3.74. The van der Waals surface area contributed by atoms with Crippen LogP contribution in [0.1, 0.15) is 30.9 Å². The van der Waals surface area contributed by atoms with Crippen molar-refractivity contribution in [2.75, 3.05) is 6.61 Å². The maximum atomic E-state index is 13.3. The van der Waals surface area contributed by atoms with Gasteiger partial charge >= 0.3 is 5.97 Å². The number of fused-ring (bicyclic) bond motifs is 1. The molecular formula is C24H26ClN3O3S. The second-order valence-corrected chi connectivity index (χ2v) is 9.32. The molecule has 1 amide bonds. The zero-order chi connectivity index (χ0) is 22.7. The Bertz CT molecular complexity index is 1010. The van der Waals surface area contributed by atoms with Crippen LogP contribution in [0.15, 0.2) is 65.9 Å². The van der Waals surface area contributed by atoms with Crippen molar-refractivity contribution in [3.05, 3.63) is 82.0 Å². The van der Waals surface area contributed by atoms with Crippen LogP contribution in [0.3, 0.4) is 0 Å². The van der Waals surface area contributed by atoms with Gasteiger partial charge in [0.2, 0.25) is 5.91 Å². The second kappa shape index (κ2) is 9.98. The van der Waals surface area contributed by atoms with Crippen LogP contribution < -0.4 is 16.0 Å². The summed E-state index contributed by atoms with van der Waals surface area (Å²) in [6, 6.07) is 17.4. The molecule has 0 radical (unpaired) electrons. The third-order valence-corrected chi connectivity index (χ3v) is 7.04. The van der Waals surface area contributed by atoms with Gasteiger partial charge in [-0.1, -0.05) is 54.1 Å². The minimum Gasteiger partial charge on any atom is -0.463 e. The Balaban J connectivity index is 1.61. The number of hydrogen-bond donors (Lipinski definition) is 3. The van der Waals surface area contributed by atoms with Gasteiger partial charge in [-0.05, 0) is 37.1 Å². The average Bonchev–Trinajstić information content (AvgIpc) is 2.78. The number of amides is 1. The molecule has 0 spiro atoms. The van der Waals surface area contributed by atoms with E-state index in [-0.39, 0.29) is 24.2 Å². The lowest BCUT2D eigenvalue weighted by atomic mass is 9.74. The SMILES string of the molecule is CCOC(=O)C1=C(C)NC2NC(SCc3ccccc3)NC(=O)C2C1c1ccc(Cl)cc1. The molecule has 2 aliphatic rings. The standard InChI is InChI=1S/C24H26ClN3O3S/c1-3-31-23(30)18-14(2)26-21-20(19(18)16-9-11-17(25)12-10-16)22(29)28-24(27-21)32-13-15-7-5-4-6-8-15/h4-12,19-21,24,26-27H,3,13H2,1-2H3,(H,28,29). The lowest BCUT2D eigenvalue weighted by molar-refractivity contribution is -0.139. The van der Waals surface area contributed by atoms with Gasteiger partial charge in [0.05, 0.1) is 24.3 Å². The molecule has 2 aliphatic heterocycles. The highest BCUT2D eigenvalue weighted by Gasteiger charge is 2.48. The number of carbonyl (C=O) groups excluding carboxylic acids is 2. The maximum absolute atomic E-state index is 13.3. The molecule has 4 rings (SSSR count). The summed E-state index contributed by atoms with van der Waals surface area (Å²) in [5.74, 6) is -0.733. The van der Waals surface area contributed by atoms with E-state index in [4.69, 9.17) is 16.3 Å². The van der Waals surface area contributed by atoms with E-state index in [1.54, 1.807) is 30.8 Å². The van der Waals surface area contributed by atoms with Crippen LogP contribution in [0.25, 0.3) is 0 Å². The first kappa shape index (κ1) is 22.7. The Kier molecular flexibility index (Phi) is 7.08. The zero-order valence-electron chi connectivity index (χ0n) is 17.9. The minimum absolute atomic E-state index is 0.110. The van der Waals surface area contributed by atoms with Crippen LogP contribution in [0.5, 0.6) is 0 Å². The first-order chi connectivity index (χ1) is 15.5. The van der Waals surface area contributed by atoms with Crippen molar-refractivity contribution in [3.8, 4) is 0 Å². The Morgan fingerprint density at radius 2 is 1.81 bits per heavy atom. The van der Waals surface area contributed by atoms with Crippen LogP contribution in [0.4, 0.5) is 0 Å². The van der Waals surface area contributed by atoms with Gasteiger partial charge in [0.25, 0.3) is 0 Å². The third-order valence-electron chi connectivity index (χ3n) is 5.70. The Hall–Kier alpha value is -2.48. The first-order valence-electron chi connectivity index (χ1n) is 10.6. The van der Waals surface area contributed by atoms with Crippen molar-refractivity contribution in [1.82, 2.24) is 16.0 Å². The number of esters is 1. The second-order valence-electron chi connectivity index (χ2n) is 7.79. The van der Waals surface area contributed by atoms with Gasteiger partial charge in [-0.3, -0.25) is 10.1 Å². The van der Waals surface area contributed by atoms with Gasteiger partial charge in [0, 0.05) is 22.4 Å². The smallest absolute Gasteiger partial charge is 0.336 e. The van der Waals surface area contributed by atoms with Gasteiger partial charge in [0.15, 0.2) is 0 Å². The lowest BCUT2D eigenvalue weighted by Gasteiger charge is -2.45. The summed E-state index contributed by atoms with van der Waals surface area (Å²) in [5.41, 5.74) is 2.97. The van der Waals surface area contributed by atoms with Gasteiger partial charge in [-0.25, -0.2) is 4.79 Å². The molecule has 0 aliphatic carbocycles. The summed E-state index contributed by atoms with van der Waals surface area (Å²) in [6.07, 6.45) is -0.323. The molecule has 1 fully saturated rings. The molecule has 1 saturated heterocycles. The van der Waals surface area contributed by atoms with Gasteiger partial charge in [0.1, 0.15) is 5.50 Å². The van der Waals surface area contributed by atoms with Crippen molar-refractivity contribution < 1.29 is 14.3 Å². The Morgan fingerprint density at radius 3 is 2.50 bits per heavy atom. The highest BCUT2D eigenvalue weighted by Crippen LogP contribution is 2.41. The third kappa shape index (κ3) is 4.80. The number of thioether (sulfide) groups is 1. The van der Waals surface area contributed by atoms with Crippen LogP contribution in [-0.2, 0) is 20.1 Å². The van der Waals surface area contributed by atoms with Crippen molar-refractivity contribution in [3.63, 3.8) is 0 Å². The Labute approximate surface area is 197 Å². The minimum atomic E-state index is -0.521. The van der Waals surface area contributed by atoms with Crippen molar-refractivity contribution in [1.29, 1.82) is 0 Å². The van der Waals surface area contributed by atoms with Crippen LogP contribution >= 0.6 is 23.4 Å². The number of benzene rings is 2. The van der Waals surface area contributed by atoms with E-state index >= 15 is 0 Å². The first-order valence-corrected chi connectivity index (χ1v) is 12.0. The number of ether oxygens (including phenoxy) is 1. The molecule has 4 unspecified atom stereocenters. The van der Waals surface area contributed by atoms with Gasteiger partial charge < -0.3 is 15.4 Å². The van der Waals surface area contributed by atoms with Crippen LogP contribution in [0, 0.1) is 5.92 Å². The topological polar surface area (TPSA) is 79.5 Å². The fraction of sp³-hybridized carbons (Fsp3) is 0.333. The summed E-state index contributed by atoms with van der Waals surface area (Å²) in [5, 5.41) is 10.5. The number of nitrogens with one attached hydrogen (secondary N) is 3. The molecule has 8 heteroatoms. The number of rotatable bonds is 6. The van der Waals surface area contributed by atoms with E-state index in [1.807, 2.05) is 37.3 Å². The molecule has 2 heterocycles. The van der Waals surface area contributed by atoms with Crippen LogP contribution in [-0.4, -0.2) is 30.1 Å². The highest BCUT2D eigenvalue weighted by molar-refractivity contribution is 7.99. The molecule has 0 saturated carbocycles. The molecule has 3 N–H and O–H groups in total. The molecular weight excluding hydrogens is 446 g/mol. The van der Waals surface area contributed by atoms with Gasteiger partial charge in [-0.2, -0.15) is 0 Å². The van der Waals surface area contributed by atoms with E-state index < -0.39 is 17.8 Å². The Morgan fingerprint density at radius 1 is 1.09 bits per heavy atom. The fourth-order valence-electron chi connectivity index (χ4n) is 4.26. The molecule has 4 atom stereocenters. The van der Waals surface area contributed by atoms with Crippen LogP contribution in [0.2, 0.25) is 5.02 Å². The number of allylic oxidation sites excluding steroid dienone is 1. The monoisotopic (exact) mass is 471 g/mol. The summed E-state index contributed by atoms with van der Waals surface area (Å²) in [4.78, 5) is 26.2. The van der Waals surface area contributed by atoms with E-state index in [2.05, 4.69) is 28.1 Å². The normalized spacial score (nSPS) is 24.9. The largest absolute Gasteiger partial charge is 0.463 e. The fourth-order valence-corrected chi connectivity index (χ4v) is 5.38. The molecule has 2 aromatic carbocycles. The van der Waals surface area contributed by atoms with Crippen molar-refractivity contribution in [2.45, 2.75) is 37.2 Å². The summed E-state index contributed by atoms with van der Waals surface area (Å²) < 4.78 is 5.33. The molecule has 2 aromatic rings. The molecule has 6 nitrogen and oxygen atoms in total. The quantitative estimate of drug-likeness (QED) is 0.557. The molecule has 168 valence electrons.